The summed E-state index contributed by atoms with van der Waals surface area (Å²) in [6.45, 7) is 6.77. The predicted molar refractivity (Wildman–Crippen MR) is 70.9 cm³/mol. The highest BCUT2D eigenvalue weighted by molar-refractivity contribution is 5.16. The highest BCUT2D eigenvalue weighted by Gasteiger charge is 2.28. The van der Waals surface area contributed by atoms with Crippen LogP contribution in [-0.2, 0) is 6.42 Å². The van der Waals surface area contributed by atoms with Crippen LogP contribution in [0.1, 0.15) is 18.9 Å². The van der Waals surface area contributed by atoms with Crippen LogP contribution < -0.4 is 5.32 Å². The van der Waals surface area contributed by atoms with E-state index in [9.17, 15) is 5.11 Å². The van der Waals surface area contributed by atoms with E-state index in [0.29, 0.717) is 6.04 Å². The van der Waals surface area contributed by atoms with Gasteiger partial charge in [-0.3, -0.25) is 0 Å². The maximum atomic E-state index is 10.1. The van der Waals surface area contributed by atoms with E-state index in [0.717, 1.165) is 25.0 Å². The maximum Gasteiger partial charge on any atom is 0.0632 e. The summed E-state index contributed by atoms with van der Waals surface area (Å²) in [5.41, 5.74) is 2.40. The van der Waals surface area contributed by atoms with Crippen molar-refractivity contribution in [3.8, 4) is 0 Å². The lowest BCUT2D eigenvalue weighted by Crippen LogP contribution is -2.47. The van der Waals surface area contributed by atoms with Gasteiger partial charge >= 0.3 is 0 Å². The van der Waals surface area contributed by atoms with Crippen LogP contribution in [0.5, 0.6) is 0 Å². The molecule has 3 atom stereocenters. The van der Waals surface area contributed by atoms with Gasteiger partial charge in [0.15, 0.2) is 0 Å². The van der Waals surface area contributed by atoms with E-state index < -0.39 is 0 Å². The van der Waals surface area contributed by atoms with Gasteiger partial charge in [-0.05, 0) is 25.3 Å². The third-order valence-electron chi connectivity index (χ3n) is 3.57. The normalized spacial score (nSPS) is 28.9. The van der Waals surface area contributed by atoms with Crippen LogP contribution in [-0.4, -0.2) is 23.8 Å². The molecule has 1 heterocycles. The highest BCUT2D eigenvalue weighted by atomic mass is 16.3. The van der Waals surface area contributed by atoms with Crippen molar-refractivity contribution >= 4 is 0 Å². The minimum absolute atomic E-state index is 0.210. The van der Waals surface area contributed by atoms with E-state index in [4.69, 9.17) is 0 Å². The molecule has 0 aromatic heterocycles. The van der Waals surface area contributed by atoms with Gasteiger partial charge in [0, 0.05) is 18.5 Å². The second kappa shape index (κ2) is 5.48. The second-order valence-electron chi connectivity index (χ2n) is 5.05. The van der Waals surface area contributed by atoms with E-state index in [1.54, 1.807) is 0 Å². The fourth-order valence-electron chi connectivity index (χ4n) is 2.53. The number of hydrogen-bond donors (Lipinski definition) is 2. The van der Waals surface area contributed by atoms with Crippen molar-refractivity contribution in [1.29, 1.82) is 0 Å². The standard InChI is InChI=1S/C15H21NO/c1-11(2)14-10-16-13(9-15(14)17)8-12-6-4-3-5-7-12/h3-7,13-17H,1,8-10H2,2H3/t13-,14+,15+/m0/s1. The average molecular weight is 231 g/mol. The van der Waals surface area contributed by atoms with Crippen molar-refractivity contribution < 1.29 is 5.11 Å². The van der Waals surface area contributed by atoms with E-state index >= 15 is 0 Å². The van der Waals surface area contributed by atoms with Crippen molar-refractivity contribution in [1.82, 2.24) is 5.32 Å². The molecule has 2 rings (SSSR count). The lowest BCUT2D eigenvalue weighted by molar-refractivity contribution is 0.0769. The topological polar surface area (TPSA) is 32.3 Å². The first-order valence-electron chi connectivity index (χ1n) is 6.27. The molecule has 2 nitrogen and oxygen atoms in total. The summed E-state index contributed by atoms with van der Waals surface area (Å²) in [6.07, 6.45) is 1.55. The van der Waals surface area contributed by atoms with Gasteiger partial charge in [0.1, 0.15) is 0 Å². The Morgan fingerprint density at radius 3 is 2.71 bits per heavy atom. The zero-order valence-electron chi connectivity index (χ0n) is 10.4. The lowest BCUT2D eigenvalue weighted by atomic mass is 9.85. The van der Waals surface area contributed by atoms with Gasteiger partial charge in [0.05, 0.1) is 6.10 Å². The van der Waals surface area contributed by atoms with E-state index in [1.807, 2.05) is 13.0 Å². The molecule has 0 saturated carbocycles. The number of aliphatic hydroxyl groups is 1. The molecule has 2 heteroatoms. The Morgan fingerprint density at radius 1 is 1.41 bits per heavy atom. The first-order valence-corrected chi connectivity index (χ1v) is 6.27. The molecule has 0 amide bonds. The van der Waals surface area contributed by atoms with Crippen molar-refractivity contribution in [2.45, 2.75) is 31.9 Å². The largest absolute Gasteiger partial charge is 0.392 e. The molecule has 1 saturated heterocycles. The lowest BCUT2D eigenvalue weighted by Gasteiger charge is -2.34. The molecule has 1 aromatic carbocycles. The van der Waals surface area contributed by atoms with Gasteiger partial charge in [0.2, 0.25) is 0 Å². The molecule has 92 valence electrons. The van der Waals surface area contributed by atoms with Crippen LogP contribution in [0.4, 0.5) is 0 Å². The molecular formula is C15H21NO. The molecule has 0 radical (unpaired) electrons. The molecule has 0 aliphatic carbocycles. The molecule has 17 heavy (non-hydrogen) atoms. The monoisotopic (exact) mass is 231 g/mol. The smallest absolute Gasteiger partial charge is 0.0632 e. The number of piperidine rings is 1. The van der Waals surface area contributed by atoms with E-state index in [-0.39, 0.29) is 12.0 Å². The maximum absolute atomic E-state index is 10.1. The summed E-state index contributed by atoms with van der Waals surface area (Å²) in [4.78, 5) is 0. The van der Waals surface area contributed by atoms with Crippen molar-refractivity contribution in [2.24, 2.45) is 5.92 Å². The third kappa shape index (κ3) is 3.18. The van der Waals surface area contributed by atoms with Crippen molar-refractivity contribution in [3.05, 3.63) is 48.0 Å². The number of hydrogen-bond acceptors (Lipinski definition) is 2. The minimum atomic E-state index is -0.248. The minimum Gasteiger partial charge on any atom is -0.392 e. The fourth-order valence-corrected chi connectivity index (χ4v) is 2.53. The molecule has 1 fully saturated rings. The number of rotatable bonds is 3. The van der Waals surface area contributed by atoms with Gasteiger partial charge in [-0.1, -0.05) is 42.5 Å². The Balaban J connectivity index is 1.92. The third-order valence-corrected chi connectivity index (χ3v) is 3.57. The average Bonchev–Trinajstić information content (AvgIpc) is 2.30. The highest BCUT2D eigenvalue weighted by Crippen LogP contribution is 2.22. The Kier molecular flexibility index (Phi) is 3.97. The van der Waals surface area contributed by atoms with Crippen molar-refractivity contribution in [2.75, 3.05) is 6.54 Å². The molecule has 0 bridgehead atoms. The molecule has 0 spiro atoms. The van der Waals surface area contributed by atoms with Crippen molar-refractivity contribution in [3.63, 3.8) is 0 Å². The molecular weight excluding hydrogens is 210 g/mol. The Hall–Kier alpha value is -1.12. The summed E-state index contributed by atoms with van der Waals surface area (Å²) < 4.78 is 0. The second-order valence-corrected chi connectivity index (χ2v) is 5.05. The van der Waals surface area contributed by atoms with Crippen LogP contribution in [0, 0.1) is 5.92 Å². The Morgan fingerprint density at radius 2 is 2.12 bits per heavy atom. The summed E-state index contributed by atoms with van der Waals surface area (Å²) in [5, 5.41) is 13.6. The quantitative estimate of drug-likeness (QED) is 0.781. The van der Waals surface area contributed by atoms with Crippen LogP contribution in [0.15, 0.2) is 42.5 Å². The van der Waals surface area contributed by atoms with Crippen LogP contribution in [0.25, 0.3) is 0 Å². The van der Waals surface area contributed by atoms with Crippen LogP contribution in [0.2, 0.25) is 0 Å². The van der Waals surface area contributed by atoms with Gasteiger partial charge in [0.25, 0.3) is 0 Å². The summed E-state index contributed by atoms with van der Waals surface area (Å²) >= 11 is 0. The molecule has 0 unspecified atom stereocenters. The predicted octanol–water partition coefficient (Wildman–Crippen LogP) is 2.14. The number of benzene rings is 1. The fraction of sp³-hybridized carbons (Fsp3) is 0.467. The Labute approximate surface area is 103 Å². The van der Waals surface area contributed by atoms with Crippen LogP contribution in [0.3, 0.4) is 0 Å². The molecule has 1 aliphatic rings. The molecule has 1 aliphatic heterocycles. The van der Waals surface area contributed by atoms with E-state index in [2.05, 4.69) is 36.2 Å². The SMILES string of the molecule is C=C(C)[C@H]1CN[C@@H](Cc2ccccc2)C[C@H]1O. The zero-order chi connectivity index (χ0) is 12.3. The number of nitrogens with one attached hydrogen (secondary N) is 1. The zero-order valence-corrected chi connectivity index (χ0v) is 10.4. The van der Waals surface area contributed by atoms with Gasteiger partial charge in [-0.2, -0.15) is 0 Å². The molecule has 2 N–H and O–H groups in total. The van der Waals surface area contributed by atoms with Gasteiger partial charge in [-0.15, -0.1) is 0 Å². The van der Waals surface area contributed by atoms with Gasteiger partial charge < -0.3 is 10.4 Å². The summed E-state index contributed by atoms with van der Waals surface area (Å²) in [7, 11) is 0. The summed E-state index contributed by atoms with van der Waals surface area (Å²) in [6, 6.07) is 10.8. The van der Waals surface area contributed by atoms with Gasteiger partial charge in [-0.25, -0.2) is 0 Å². The number of aliphatic hydroxyl groups excluding tert-OH is 1. The van der Waals surface area contributed by atoms with Crippen LogP contribution >= 0.6 is 0 Å². The first-order chi connectivity index (χ1) is 8.16. The van der Waals surface area contributed by atoms with E-state index in [1.165, 1.54) is 5.56 Å². The summed E-state index contributed by atoms with van der Waals surface area (Å²) in [5.74, 6) is 0.210. The Bertz CT molecular complexity index is 374. The first kappa shape index (κ1) is 12.3. The molecule has 1 aromatic rings.